The number of rotatable bonds is 11. The number of carbonyl (C=O) groups excluding carboxylic acids is 4. The highest BCUT2D eigenvalue weighted by Crippen LogP contribution is 2.36. The molecule has 2 aliphatic heterocycles. The number of carbonyl (C=O) groups is 4. The Morgan fingerprint density at radius 1 is 0.710 bits per heavy atom. The molecule has 4 amide bonds. The first-order valence-corrected chi connectivity index (χ1v) is 19.9. The highest BCUT2D eigenvalue weighted by atomic mass is 32.1. The van der Waals surface area contributed by atoms with E-state index in [0.29, 0.717) is 13.1 Å². The average molecular weight is 947 g/mol. The van der Waals surface area contributed by atoms with Crippen molar-refractivity contribution in [1.82, 2.24) is 40.4 Å². The van der Waals surface area contributed by atoms with Crippen LogP contribution in [0.2, 0.25) is 0 Å². The Balaban J connectivity index is 0.00000265. The number of imidazole rings is 2. The number of likely N-dealkylation sites (tertiary alicyclic amines) is 2. The molecular weight excluding hydrogens is 885 g/mol. The predicted octanol–water partition coefficient (Wildman–Crippen LogP) is 7.82. The van der Waals surface area contributed by atoms with Crippen molar-refractivity contribution in [1.29, 1.82) is 0 Å². The van der Waals surface area contributed by atoms with Crippen LogP contribution in [0.15, 0.2) is 60.8 Å². The van der Waals surface area contributed by atoms with Crippen LogP contribution >= 0.6 is 67.5 Å². The Labute approximate surface area is 398 Å². The molecule has 0 spiro atoms. The van der Waals surface area contributed by atoms with Gasteiger partial charge in [0.2, 0.25) is 11.8 Å². The van der Waals surface area contributed by atoms with E-state index in [1.54, 1.807) is 0 Å². The van der Waals surface area contributed by atoms with E-state index in [2.05, 4.69) is 69.1 Å². The Morgan fingerprint density at radius 3 is 1.81 bits per heavy atom. The predicted molar refractivity (Wildman–Crippen MR) is 269 cm³/mol. The van der Waals surface area contributed by atoms with E-state index in [0.717, 1.165) is 87.9 Å². The maximum Gasteiger partial charge on any atom is 0.407 e. The number of alkyl carbamates (subject to hydrolysis) is 2. The molecule has 4 heterocycles. The number of aromatic nitrogens is 4. The van der Waals surface area contributed by atoms with Crippen molar-refractivity contribution in [2.45, 2.75) is 84.0 Å². The molecule has 2 aromatic heterocycles. The molecule has 62 heavy (non-hydrogen) atoms. The van der Waals surface area contributed by atoms with Gasteiger partial charge in [-0.3, -0.25) is 9.59 Å². The number of benzene rings is 3. The number of hydrogen-bond acceptors (Lipinski definition) is 8. The smallest absolute Gasteiger partial charge is 0.407 e. The van der Waals surface area contributed by atoms with Crippen molar-refractivity contribution in [3.63, 3.8) is 0 Å². The molecule has 2 fully saturated rings. The van der Waals surface area contributed by atoms with Crippen molar-refractivity contribution in [2.75, 3.05) is 27.3 Å². The lowest BCUT2D eigenvalue weighted by Gasteiger charge is -2.30. The van der Waals surface area contributed by atoms with Gasteiger partial charge < -0.3 is 39.9 Å². The second kappa shape index (κ2) is 23.5. The Morgan fingerprint density at radius 2 is 1.23 bits per heavy atom. The Kier molecular flexibility index (Phi) is 20.4. The van der Waals surface area contributed by atoms with Gasteiger partial charge >= 0.3 is 12.2 Å². The van der Waals surface area contributed by atoms with Crippen LogP contribution in [0.5, 0.6) is 0 Å². The third-order valence-electron chi connectivity index (χ3n) is 11.6. The van der Waals surface area contributed by atoms with E-state index in [4.69, 9.17) is 19.4 Å². The summed E-state index contributed by atoms with van der Waals surface area (Å²) >= 11 is 0. The van der Waals surface area contributed by atoms with E-state index in [9.17, 15) is 19.2 Å². The maximum atomic E-state index is 13.7. The zero-order valence-corrected chi connectivity index (χ0v) is 40.9. The molecule has 5 aromatic rings. The fourth-order valence-corrected chi connectivity index (χ4v) is 8.17. The highest BCUT2D eigenvalue weighted by Gasteiger charge is 2.39. The minimum absolute atomic E-state index is 0. The third kappa shape index (κ3) is 11.3. The molecule has 0 saturated carbocycles. The zero-order chi connectivity index (χ0) is 40.4. The number of nitrogens with one attached hydrogen (secondary N) is 4. The summed E-state index contributed by atoms with van der Waals surface area (Å²) in [6.45, 7) is 8.96. The molecule has 2 saturated heterocycles. The first-order chi connectivity index (χ1) is 27.5. The average Bonchev–Trinajstić information content (AvgIpc) is 4.06. The second-order valence-corrected chi connectivity index (χ2v) is 15.5. The lowest BCUT2D eigenvalue weighted by Crippen LogP contribution is -2.51. The molecule has 340 valence electrons. The van der Waals surface area contributed by atoms with Crippen LogP contribution in [-0.2, 0) is 19.1 Å². The van der Waals surface area contributed by atoms with Gasteiger partial charge in [0.15, 0.2) is 0 Å². The quantitative estimate of drug-likeness (QED) is 0.104. The summed E-state index contributed by atoms with van der Waals surface area (Å²) in [6, 6.07) is 17.1. The van der Waals surface area contributed by atoms with E-state index in [1.165, 1.54) is 14.2 Å². The molecule has 14 nitrogen and oxygen atoms in total. The molecule has 4 N–H and O–H groups in total. The number of methoxy groups -OCH3 is 2. The van der Waals surface area contributed by atoms with E-state index in [-0.39, 0.29) is 103 Å². The molecule has 7 rings (SSSR count). The first kappa shape index (κ1) is 54.0. The second-order valence-electron chi connectivity index (χ2n) is 15.5. The fraction of sp³-hybridized carbons (Fsp3) is 0.442. The standard InChI is InChI=1S/C43H52N8O6.5H2S/c1-7-25(4)37(49-43(55)57-6)41(53)50-18-8-10-34(50)38-44-23-33(47-38)30-15-14-26-20-27(12-13-28(26)21-30)29-16-17-31-32(22-29)46-39(45-31)35-11-9-19-51(35)40(52)36(24(2)3)48-42(54)56-5;;;;;/h12-17,20-25,34-37H,7-11,18-19H2,1-6H3,(H,44,47)(H,45,46)(H,48,54)(H,49,55);5*1H2/t25-,34-,35-,36-,37-;;;;;/m0...../s1. The van der Waals surface area contributed by atoms with Gasteiger partial charge in [-0.05, 0) is 83.7 Å². The van der Waals surface area contributed by atoms with Crippen LogP contribution in [-0.4, -0.2) is 93.1 Å². The van der Waals surface area contributed by atoms with E-state index < -0.39 is 24.3 Å². The maximum absolute atomic E-state index is 13.7. The topological polar surface area (TPSA) is 175 Å². The van der Waals surface area contributed by atoms with Crippen LogP contribution in [0, 0.1) is 11.8 Å². The number of fused-ring (bicyclic) bond motifs is 2. The van der Waals surface area contributed by atoms with E-state index in [1.807, 2.05) is 49.8 Å². The normalized spacial score (nSPS) is 17.0. The summed E-state index contributed by atoms with van der Waals surface area (Å²) in [5, 5.41) is 7.62. The van der Waals surface area contributed by atoms with Gasteiger partial charge in [0.1, 0.15) is 23.7 Å². The lowest BCUT2D eigenvalue weighted by molar-refractivity contribution is -0.136. The van der Waals surface area contributed by atoms with Crippen molar-refractivity contribution < 1.29 is 28.7 Å². The van der Waals surface area contributed by atoms with Crippen LogP contribution in [0.1, 0.15) is 83.5 Å². The molecule has 0 unspecified atom stereocenters. The summed E-state index contributed by atoms with van der Waals surface area (Å²) in [6.07, 6.45) is 4.57. The molecule has 2 aliphatic rings. The van der Waals surface area contributed by atoms with Crippen molar-refractivity contribution in [3.05, 3.63) is 72.4 Å². The minimum atomic E-state index is -0.693. The summed E-state index contributed by atoms with van der Waals surface area (Å²) in [5.74, 6) is 1.04. The zero-order valence-electron chi connectivity index (χ0n) is 35.9. The van der Waals surface area contributed by atoms with Crippen molar-refractivity contribution in [2.24, 2.45) is 11.8 Å². The minimum Gasteiger partial charge on any atom is -0.453 e. The van der Waals surface area contributed by atoms with Crippen LogP contribution < -0.4 is 10.6 Å². The molecule has 0 bridgehead atoms. The first-order valence-electron chi connectivity index (χ1n) is 19.9. The van der Waals surface area contributed by atoms with Gasteiger partial charge in [0, 0.05) is 18.7 Å². The number of amides is 4. The molecule has 0 aliphatic carbocycles. The van der Waals surface area contributed by atoms with Gasteiger partial charge in [-0.25, -0.2) is 19.6 Å². The van der Waals surface area contributed by atoms with Crippen molar-refractivity contribution >= 4 is 113 Å². The van der Waals surface area contributed by atoms with Crippen LogP contribution in [0.25, 0.3) is 44.2 Å². The molecule has 19 heteroatoms. The summed E-state index contributed by atoms with van der Waals surface area (Å²) < 4.78 is 9.58. The number of ether oxygens (including phenoxy) is 2. The molecule has 3 aromatic carbocycles. The van der Waals surface area contributed by atoms with E-state index >= 15 is 0 Å². The molecular formula is C43H62N8O6S5. The van der Waals surface area contributed by atoms with Gasteiger partial charge in [-0.1, -0.05) is 64.4 Å². The van der Waals surface area contributed by atoms with Crippen LogP contribution in [0.4, 0.5) is 9.59 Å². The Bertz CT molecular complexity index is 2310. The number of nitrogens with zero attached hydrogens (tertiary/aromatic N) is 4. The highest BCUT2D eigenvalue weighted by molar-refractivity contribution is 7.60. The van der Waals surface area contributed by atoms with Gasteiger partial charge in [-0.2, -0.15) is 67.5 Å². The van der Waals surface area contributed by atoms with Gasteiger partial charge in [-0.15, -0.1) is 0 Å². The fourth-order valence-electron chi connectivity index (χ4n) is 8.17. The van der Waals surface area contributed by atoms with Gasteiger partial charge in [0.05, 0.1) is 49.2 Å². The Hall–Kier alpha value is -4.17. The summed E-state index contributed by atoms with van der Waals surface area (Å²) in [4.78, 5) is 71.7. The molecule has 0 radical (unpaired) electrons. The van der Waals surface area contributed by atoms with Crippen LogP contribution in [0.3, 0.4) is 0 Å². The number of H-pyrrole nitrogens is 2. The van der Waals surface area contributed by atoms with Crippen molar-refractivity contribution in [3.8, 4) is 22.4 Å². The monoisotopic (exact) mass is 946 g/mol. The SMILES string of the molecule is CC[C@H](C)[C@H](NC(=O)OC)C(=O)N1CCC[C@H]1c1ncc(-c2ccc3cc(-c4ccc5nc([C@@H]6CCCN6C(=O)[C@@H](NC(=O)OC)C(C)C)[nH]c5c4)ccc3c2)[nH]1.S.S.S.S.S. The number of aromatic amines is 2. The third-order valence-corrected chi connectivity index (χ3v) is 11.6. The summed E-state index contributed by atoms with van der Waals surface area (Å²) in [5.41, 5.74) is 5.66. The van der Waals surface area contributed by atoms with Gasteiger partial charge in [0.25, 0.3) is 0 Å². The summed E-state index contributed by atoms with van der Waals surface area (Å²) in [7, 11) is 2.59. The lowest BCUT2D eigenvalue weighted by atomic mass is 9.97. The largest absolute Gasteiger partial charge is 0.453 e. The molecule has 5 atom stereocenters. The number of hydrogen-bond donors (Lipinski definition) is 4.